The summed E-state index contributed by atoms with van der Waals surface area (Å²) in [4.78, 5) is 0. The predicted molar refractivity (Wildman–Crippen MR) is 186 cm³/mol. The number of benzene rings is 5. The Morgan fingerprint density at radius 3 is 1.58 bits per heavy atom. The van der Waals surface area contributed by atoms with Gasteiger partial charge in [0.15, 0.2) is 0 Å². The first kappa shape index (κ1) is 33.3. The quantitative estimate of drug-likeness (QED) is 0.0550. The van der Waals surface area contributed by atoms with Crippen LogP contribution in [0.15, 0.2) is 127 Å². The van der Waals surface area contributed by atoms with E-state index in [1.54, 1.807) is 0 Å². The first-order valence-corrected chi connectivity index (χ1v) is 16.0. The molecule has 0 unspecified atom stereocenters. The topological polar surface area (TPSA) is 0 Å². The maximum Gasteiger partial charge on any atom is 0 e. The molecule has 7 rings (SSSR count). The van der Waals surface area contributed by atoms with E-state index in [2.05, 4.69) is 139 Å². The molecule has 0 bridgehead atoms. The minimum atomic E-state index is -0.383. The molecule has 3 heteroatoms. The van der Waals surface area contributed by atoms with E-state index < -0.39 is 0 Å². The Labute approximate surface area is 282 Å². The molecule has 228 valence electrons. The average molecular weight is 713 g/mol. The van der Waals surface area contributed by atoms with Gasteiger partial charge in [-0.1, -0.05) is 113 Å². The molecule has 43 heavy (non-hydrogen) atoms. The van der Waals surface area contributed by atoms with Gasteiger partial charge in [0, 0.05) is 37.5 Å². The van der Waals surface area contributed by atoms with E-state index >= 15 is 0 Å². The summed E-state index contributed by atoms with van der Waals surface area (Å²) in [5.41, 5.74) is 2.76. The van der Waals surface area contributed by atoms with Gasteiger partial charge in [-0.3, -0.25) is 0 Å². The molecule has 0 saturated carbocycles. The van der Waals surface area contributed by atoms with Gasteiger partial charge in [0.2, 0.25) is 0 Å². The molecule has 0 aliphatic heterocycles. The van der Waals surface area contributed by atoms with Gasteiger partial charge in [0.25, 0.3) is 0 Å². The summed E-state index contributed by atoms with van der Waals surface area (Å²) in [5.74, 6) is 0. The van der Waals surface area contributed by atoms with Gasteiger partial charge in [-0.25, -0.2) is 0 Å². The molecule has 0 heterocycles. The Balaban J connectivity index is 0.000000551. The van der Waals surface area contributed by atoms with Crippen LogP contribution in [0.1, 0.15) is 41.5 Å². The van der Waals surface area contributed by atoms with Crippen molar-refractivity contribution >= 4 is 56.3 Å². The Morgan fingerprint density at radius 2 is 1.00 bits per heavy atom. The number of hydrogen-bond acceptors (Lipinski definition) is 0. The van der Waals surface area contributed by atoms with Gasteiger partial charge in [-0.15, -0.1) is 24.9 Å². The second-order valence-corrected chi connectivity index (χ2v) is 16.9. The molecule has 7 aromatic carbocycles. The van der Waals surface area contributed by atoms with Crippen molar-refractivity contribution in [2.75, 3.05) is 0 Å². The molecule has 0 radical (unpaired) electrons. The first-order chi connectivity index (χ1) is 19.6. The summed E-state index contributed by atoms with van der Waals surface area (Å²) in [5, 5.41) is 12.5. The summed E-state index contributed by atoms with van der Waals surface area (Å²) in [6, 6.07) is 46.6. The zero-order valence-electron chi connectivity index (χ0n) is 25.7. The number of rotatable bonds is 2. The van der Waals surface area contributed by atoms with Crippen molar-refractivity contribution in [2.24, 2.45) is 0 Å². The largest absolute Gasteiger partial charge is 0.748 e. The van der Waals surface area contributed by atoms with Crippen molar-refractivity contribution in [3.05, 3.63) is 127 Å². The number of fused-ring (bicyclic) bond motifs is 5. The van der Waals surface area contributed by atoms with Crippen molar-refractivity contribution in [3.63, 3.8) is 0 Å². The summed E-state index contributed by atoms with van der Waals surface area (Å²) in [7, 11) is -0.383. The molecule has 0 fully saturated rings. The molecule has 0 nitrogen and oxygen atoms in total. The van der Waals surface area contributed by atoms with Crippen LogP contribution in [0.5, 0.6) is 0 Å². The minimum absolute atomic E-state index is 0. The van der Waals surface area contributed by atoms with E-state index in [0.717, 1.165) is 0 Å². The maximum absolute atomic E-state index is 2.45. The van der Waals surface area contributed by atoms with Crippen molar-refractivity contribution in [3.8, 4) is 11.1 Å². The minimum Gasteiger partial charge on any atom is -0.748 e. The first-order valence-electron chi connectivity index (χ1n) is 14.6. The molecule has 0 aliphatic carbocycles. The molecule has 0 saturated heterocycles. The molecular formula is C40H39FePPd-6. The Hall–Kier alpha value is -2.55. The van der Waals surface area contributed by atoms with E-state index in [-0.39, 0.29) is 55.7 Å². The second-order valence-electron chi connectivity index (χ2n) is 13.1. The smallest absolute Gasteiger partial charge is 0 e. The Bertz CT molecular complexity index is 1940. The van der Waals surface area contributed by atoms with E-state index in [0.29, 0.717) is 0 Å². The molecule has 0 amide bonds. The summed E-state index contributed by atoms with van der Waals surface area (Å²) in [6.07, 6.45) is 0. The zero-order valence-corrected chi connectivity index (χ0v) is 29.3. The van der Waals surface area contributed by atoms with Crippen LogP contribution in [0.25, 0.3) is 54.2 Å². The van der Waals surface area contributed by atoms with Crippen LogP contribution in [-0.4, -0.2) is 10.3 Å². The fourth-order valence-corrected chi connectivity index (χ4v) is 10.8. The Kier molecular flexibility index (Phi) is 10.2. The molecule has 0 spiro atoms. The molecule has 7 aromatic rings. The van der Waals surface area contributed by atoms with Crippen LogP contribution >= 0.6 is 7.92 Å². The zero-order chi connectivity index (χ0) is 28.8. The van der Waals surface area contributed by atoms with E-state index in [9.17, 15) is 0 Å². The monoisotopic (exact) mass is 712 g/mol. The number of hydrogen-bond donors (Lipinski definition) is 0. The molecule has 0 N–H and O–H groups in total. The van der Waals surface area contributed by atoms with Crippen LogP contribution in [0.4, 0.5) is 0 Å². The van der Waals surface area contributed by atoms with Gasteiger partial charge in [0.05, 0.1) is 0 Å². The molecular weight excluding hydrogens is 674 g/mol. The fourth-order valence-electron chi connectivity index (χ4n) is 6.64. The summed E-state index contributed by atoms with van der Waals surface area (Å²) in [6.45, 7) is 14.5. The van der Waals surface area contributed by atoms with E-state index in [4.69, 9.17) is 0 Å². The molecule has 0 atom stereocenters. The van der Waals surface area contributed by atoms with Gasteiger partial charge in [-0.05, 0) is 66.2 Å². The predicted octanol–water partition coefficient (Wildman–Crippen LogP) is 11.8. The SMILES string of the molecule is CC(C)(C)P([c-]1cccc1-c1cccc2cc3ccc4cc5ccccc5cc4c3cc12)C(C)(C)C.[Fe].[Pd].[cH-]1[cH-][cH-][cH-][cH-]1. The normalized spacial score (nSPS) is 11.8. The van der Waals surface area contributed by atoms with Gasteiger partial charge in [0.1, 0.15) is 0 Å². The van der Waals surface area contributed by atoms with Gasteiger partial charge < -0.3 is 30.3 Å². The third-order valence-electron chi connectivity index (χ3n) is 7.92. The van der Waals surface area contributed by atoms with E-state index in [1.807, 2.05) is 30.3 Å². The Morgan fingerprint density at radius 1 is 0.512 bits per heavy atom. The molecule has 0 aromatic heterocycles. The third kappa shape index (κ3) is 6.76. The van der Waals surface area contributed by atoms with E-state index in [1.165, 1.54) is 59.5 Å². The van der Waals surface area contributed by atoms with Crippen molar-refractivity contribution in [1.82, 2.24) is 0 Å². The van der Waals surface area contributed by atoms with Crippen LogP contribution in [-0.2, 0) is 37.5 Å². The second kappa shape index (κ2) is 13.2. The summed E-state index contributed by atoms with van der Waals surface area (Å²) >= 11 is 0. The van der Waals surface area contributed by atoms with Gasteiger partial charge in [-0.2, -0.15) is 12.1 Å². The van der Waals surface area contributed by atoms with Crippen LogP contribution in [0, 0.1) is 0 Å². The van der Waals surface area contributed by atoms with Crippen LogP contribution < -0.4 is 5.30 Å². The molecule has 0 aliphatic rings. The van der Waals surface area contributed by atoms with Gasteiger partial charge >= 0.3 is 0 Å². The maximum atomic E-state index is 2.45. The fraction of sp³-hybridized carbons (Fsp3) is 0.200. The standard InChI is InChI=1S/C35H34P.C5H5.Fe.Pd/c1-34(2,3)36(35(4,5)6)33-16-10-15-29(33)28-14-9-13-25-20-27-18-17-26-19-23-11-7-8-12-24(23)21-30(26)32(27)22-31(25)28;1-2-4-5-3-1;;/h7-22H,1-6H3;1-5H;;/q-1;-5;;. The van der Waals surface area contributed by atoms with Crippen molar-refractivity contribution in [1.29, 1.82) is 0 Å². The third-order valence-corrected chi connectivity index (χ3v) is 11.5. The summed E-state index contributed by atoms with van der Waals surface area (Å²) < 4.78 is 0. The average Bonchev–Trinajstić information content (AvgIpc) is 3.65. The van der Waals surface area contributed by atoms with Crippen molar-refractivity contribution < 1.29 is 37.5 Å². The van der Waals surface area contributed by atoms with Crippen LogP contribution in [0.3, 0.4) is 0 Å². The van der Waals surface area contributed by atoms with Crippen LogP contribution in [0.2, 0.25) is 0 Å². The van der Waals surface area contributed by atoms with Crippen molar-refractivity contribution in [2.45, 2.75) is 51.9 Å².